The van der Waals surface area contributed by atoms with E-state index >= 15 is 0 Å². The van der Waals surface area contributed by atoms with Crippen LogP contribution in [-0.2, 0) is 4.74 Å². The van der Waals surface area contributed by atoms with Crippen LogP contribution in [0.1, 0.15) is 40.5 Å². The number of thioether (sulfide) groups is 1. The van der Waals surface area contributed by atoms with Crippen LogP contribution in [0.25, 0.3) is 0 Å². The van der Waals surface area contributed by atoms with E-state index in [0.717, 1.165) is 35.7 Å². The first-order valence-corrected chi connectivity index (χ1v) is 10.9. The maximum absolute atomic E-state index is 12.8. The van der Waals surface area contributed by atoms with Gasteiger partial charge in [-0.25, -0.2) is 9.59 Å². The van der Waals surface area contributed by atoms with Gasteiger partial charge < -0.3 is 19.9 Å². The van der Waals surface area contributed by atoms with Crippen molar-refractivity contribution in [1.82, 2.24) is 9.80 Å². The molecular weight excluding hydrogens is 374 g/mol. The molecule has 0 bridgehead atoms. The first kappa shape index (κ1) is 22.4. The second-order valence-corrected chi connectivity index (χ2v) is 9.48. The Morgan fingerprint density at radius 3 is 2.71 bits per heavy atom. The zero-order valence-electron chi connectivity index (χ0n) is 17.7. The normalized spacial score (nSPS) is 17.2. The Labute approximate surface area is 173 Å². The van der Waals surface area contributed by atoms with E-state index in [4.69, 9.17) is 4.74 Å². The van der Waals surface area contributed by atoms with Gasteiger partial charge in [-0.3, -0.25) is 0 Å². The number of para-hydroxylation sites is 1. The lowest BCUT2D eigenvalue weighted by atomic mass is 9.98. The Morgan fingerprint density at radius 2 is 2.04 bits per heavy atom. The van der Waals surface area contributed by atoms with Gasteiger partial charge in [0.1, 0.15) is 5.60 Å². The standard InChI is InChI=1S/C21H33N3O3S/c1-6-28-18-12-8-7-11-17(18)22-19(25)24-13-9-10-16(15-24)14-23(5)20(26)27-21(2,3)4/h7-8,11-12,16H,6,9-10,13-15H2,1-5H3,(H,22,25). The van der Waals surface area contributed by atoms with E-state index < -0.39 is 5.60 Å². The number of hydrogen-bond acceptors (Lipinski definition) is 4. The minimum atomic E-state index is -0.506. The Balaban J connectivity index is 1.92. The average molecular weight is 408 g/mol. The fraction of sp³-hybridized carbons (Fsp3) is 0.619. The second kappa shape index (κ2) is 10.0. The highest BCUT2D eigenvalue weighted by Gasteiger charge is 2.27. The van der Waals surface area contributed by atoms with E-state index in [2.05, 4.69) is 12.2 Å². The van der Waals surface area contributed by atoms with Gasteiger partial charge in [-0.05, 0) is 57.4 Å². The number of nitrogens with one attached hydrogen (secondary N) is 1. The molecule has 156 valence electrons. The molecule has 28 heavy (non-hydrogen) atoms. The number of anilines is 1. The minimum absolute atomic E-state index is 0.0752. The molecule has 1 fully saturated rings. The average Bonchev–Trinajstić information content (AvgIpc) is 2.62. The van der Waals surface area contributed by atoms with Crippen LogP contribution in [0.4, 0.5) is 15.3 Å². The predicted octanol–water partition coefficient (Wildman–Crippen LogP) is 4.91. The van der Waals surface area contributed by atoms with Gasteiger partial charge in [-0.1, -0.05) is 19.1 Å². The monoisotopic (exact) mass is 407 g/mol. The molecule has 1 N–H and O–H groups in total. The molecule has 0 aromatic heterocycles. The minimum Gasteiger partial charge on any atom is -0.444 e. The first-order chi connectivity index (χ1) is 13.2. The van der Waals surface area contributed by atoms with Crippen LogP contribution in [0.5, 0.6) is 0 Å². The summed E-state index contributed by atoms with van der Waals surface area (Å²) in [4.78, 5) is 29.5. The quantitative estimate of drug-likeness (QED) is 0.705. The van der Waals surface area contributed by atoms with Gasteiger partial charge >= 0.3 is 12.1 Å². The molecule has 1 aliphatic rings. The van der Waals surface area contributed by atoms with Crippen molar-refractivity contribution in [3.63, 3.8) is 0 Å². The molecule has 1 aromatic carbocycles. The SMILES string of the molecule is CCSc1ccccc1NC(=O)N1CCCC(CN(C)C(=O)OC(C)(C)C)C1. The summed E-state index contributed by atoms with van der Waals surface area (Å²) in [7, 11) is 1.76. The van der Waals surface area contributed by atoms with Crippen molar-refractivity contribution in [1.29, 1.82) is 0 Å². The fourth-order valence-electron chi connectivity index (χ4n) is 3.25. The number of benzene rings is 1. The van der Waals surface area contributed by atoms with Crippen molar-refractivity contribution in [2.45, 2.75) is 51.0 Å². The van der Waals surface area contributed by atoms with Crippen molar-refractivity contribution >= 4 is 29.6 Å². The molecule has 3 amide bonds. The molecule has 6 nitrogen and oxygen atoms in total. The fourth-order valence-corrected chi connectivity index (χ4v) is 4.01. The summed E-state index contributed by atoms with van der Waals surface area (Å²) in [5.41, 5.74) is 0.348. The lowest BCUT2D eigenvalue weighted by molar-refractivity contribution is 0.0253. The van der Waals surface area contributed by atoms with Gasteiger partial charge in [0.15, 0.2) is 0 Å². The van der Waals surface area contributed by atoms with Crippen LogP contribution in [0, 0.1) is 5.92 Å². The topological polar surface area (TPSA) is 61.9 Å². The Hall–Kier alpha value is -1.89. The van der Waals surface area contributed by atoms with E-state index in [1.54, 1.807) is 23.7 Å². The first-order valence-electron chi connectivity index (χ1n) is 9.91. The van der Waals surface area contributed by atoms with Crippen molar-refractivity contribution in [2.75, 3.05) is 37.8 Å². The van der Waals surface area contributed by atoms with Crippen LogP contribution in [0.15, 0.2) is 29.2 Å². The van der Waals surface area contributed by atoms with Gasteiger partial charge in [0, 0.05) is 31.6 Å². The summed E-state index contributed by atoms with van der Waals surface area (Å²) in [6.07, 6.45) is 1.62. The molecule has 0 saturated carbocycles. The molecule has 1 aliphatic heterocycles. The molecule has 0 aliphatic carbocycles. The van der Waals surface area contributed by atoms with Crippen LogP contribution < -0.4 is 5.32 Å². The van der Waals surface area contributed by atoms with Gasteiger partial charge in [0.25, 0.3) is 0 Å². The molecule has 1 atom stereocenters. The van der Waals surface area contributed by atoms with E-state index in [1.807, 2.05) is 49.9 Å². The molecule has 1 heterocycles. The number of nitrogens with zero attached hydrogens (tertiary/aromatic N) is 2. The van der Waals surface area contributed by atoms with Crippen LogP contribution in [0.2, 0.25) is 0 Å². The maximum atomic E-state index is 12.8. The van der Waals surface area contributed by atoms with E-state index in [0.29, 0.717) is 13.1 Å². The van der Waals surface area contributed by atoms with E-state index in [-0.39, 0.29) is 18.0 Å². The van der Waals surface area contributed by atoms with Gasteiger partial charge in [-0.2, -0.15) is 0 Å². The van der Waals surface area contributed by atoms with E-state index in [9.17, 15) is 9.59 Å². The predicted molar refractivity (Wildman–Crippen MR) is 115 cm³/mol. The number of carbonyl (C=O) groups is 2. The molecule has 0 radical (unpaired) electrons. The lowest BCUT2D eigenvalue weighted by Crippen LogP contribution is -2.46. The molecule has 0 spiro atoms. The summed E-state index contributed by atoms with van der Waals surface area (Å²) in [5.74, 6) is 1.20. The molecule has 1 saturated heterocycles. The third kappa shape index (κ3) is 6.93. The molecular formula is C21H33N3O3S. The number of piperidine rings is 1. The second-order valence-electron chi connectivity index (χ2n) is 8.17. The lowest BCUT2D eigenvalue weighted by Gasteiger charge is -2.35. The number of amides is 3. The summed E-state index contributed by atoms with van der Waals surface area (Å²) >= 11 is 1.72. The number of ether oxygens (including phenoxy) is 1. The number of urea groups is 1. The summed E-state index contributed by atoms with van der Waals surface area (Å²) < 4.78 is 5.42. The van der Waals surface area contributed by atoms with Crippen LogP contribution in [0.3, 0.4) is 0 Å². The maximum Gasteiger partial charge on any atom is 0.410 e. The molecule has 7 heteroatoms. The third-order valence-corrected chi connectivity index (χ3v) is 5.43. The van der Waals surface area contributed by atoms with Gasteiger partial charge in [-0.15, -0.1) is 11.8 Å². The van der Waals surface area contributed by atoms with E-state index in [1.165, 1.54) is 0 Å². The number of carbonyl (C=O) groups excluding carboxylic acids is 2. The van der Waals surface area contributed by atoms with Crippen LogP contribution >= 0.6 is 11.8 Å². The van der Waals surface area contributed by atoms with Gasteiger partial charge in [0.2, 0.25) is 0 Å². The van der Waals surface area contributed by atoms with Gasteiger partial charge in [0.05, 0.1) is 5.69 Å². The Morgan fingerprint density at radius 1 is 1.32 bits per heavy atom. The number of hydrogen-bond donors (Lipinski definition) is 1. The summed E-state index contributed by atoms with van der Waals surface area (Å²) in [6, 6.07) is 7.81. The highest BCUT2D eigenvalue weighted by molar-refractivity contribution is 7.99. The van der Waals surface area contributed by atoms with Crippen molar-refractivity contribution in [2.24, 2.45) is 5.92 Å². The van der Waals surface area contributed by atoms with Crippen molar-refractivity contribution in [3.8, 4) is 0 Å². The summed E-state index contributed by atoms with van der Waals surface area (Å²) in [6.45, 7) is 9.64. The third-order valence-electron chi connectivity index (χ3n) is 4.47. The highest BCUT2D eigenvalue weighted by Crippen LogP contribution is 2.27. The summed E-state index contributed by atoms with van der Waals surface area (Å²) in [5, 5.41) is 3.05. The Kier molecular flexibility index (Phi) is 8.04. The van der Waals surface area contributed by atoms with Crippen molar-refractivity contribution < 1.29 is 14.3 Å². The molecule has 1 unspecified atom stereocenters. The zero-order chi connectivity index (χ0) is 20.7. The number of rotatable bonds is 5. The number of likely N-dealkylation sites (tertiary alicyclic amines) is 1. The Bertz CT molecular complexity index is 675. The zero-order valence-corrected chi connectivity index (χ0v) is 18.5. The molecule has 2 rings (SSSR count). The highest BCUT2D eigenvalue weighted by atomic mass is 32.2. The van der Waals surface area contributed by atoms with Crippen LogP contribution in [-0.4, -0.2) is 60.0 Å². The smallest absolute Gasteiger partial charge is 0.410 e. The largest absolute Gasteiger partial charge is 0.444 e. The van der Waals surface area contributed by atoms with Crippen molar-refractivity contribution in [3.05, 3.63) is 24.3 Å². The molecule has 1 aromatic rings.